The van der Waals surface area contributed by atoms with Gasteiger partial charge in [-0.25, -0.2) is 4.39 Å². The zero-order chi connectivity index (χ0) is 11.3. The number of aliphatic hydroxyl groups is 1. The van der Waals surface area contributed by atoms with Gasteiger partial charge in [0.05, 0.1) is 6.61 Å². The lowest BCUT2D eigenvalue weighted by molar-refractivity contribution is 0.195. The maximum Gasteiger partial charge on any atom is 0.129 e. The van der Waals surface area contributed by atoms with Crippen LogP contribution in [0.5, 0.6) is 0 Å². The number of likely N-dealkylation sites (N-methyl/N-ethyl adjacent to an activating group) is 1. The largest absolute Gasteiger partial charge is 0.398 e. The molecule has 0 radical (unpaired) electrons. The van der Waals surface area contributed by atoms with Crippen molar-refractivity contribution in [2.24, 2.45) is 0 Å². The van der Waals surface area contributed by atoms with Crippen LogP contribution in [0.15, 0.2) is 18.2 Å². The molecule has 0 bridgehead atoms. The van der Waals surface area contributed by atoms with Gasteiger partial charge in [0.15, 0.2) is 0 Å². The van der Waals surface area contributed by atoms with Crippen LogP contribution in [-0.4, -0.2) is 29.7 Å². The Morgan fingerprint density at radius 2 is 2.20 bits per heavy atom. The molecule has 15 heavy (non-hydrogen) atoms. The van der Waals surface area contributed by atoms with E-state index in [4.69, 9.17) is 10.8 Å². The van der Waals surface area contributed by atoms with E-state index in [0.717, 1.165) is 6.54 Å². The lowest BCUT2D eigenvalue weighted by atomic mass is 10.1. The average Bonchev–Trinajstić information content (AvgIpc) is 2.22. The van der Waals surface area contributed by atoms with Crippen molar-refractivity contribution in [2.75, 3.05) is 25.4 Å². The van der Waals surface area contributed by atoms with Gasteiger partial charge in [-0.1, -0.05) is 13.0 Å². The Bertz CT molecular complexity index is 297. The number of rotatable bonds is 5. The summed E-state index contributed by atoms with van der Waals surface area (Å²) in [7, 11) is 0. The highest BCUT2D eigenvalue weighted by molar-refractivity contribution is 5.47. The summed E-state index contributed by atoms with van der Waals surface area (Å²) >= 11 is 0. The molecule has 0 aliphatic rings. The van der Waals surface area contributed by atoms with E-state index < -0.39 is 0 Å². The van der Waals surface area contributed by atoms with Crippen LogP contribution in [0.25, 0.3) is 0 Å². The first-order valence-corrected chi connectivity index (χ1v) is 5.05. The fraction of sp³-hybridized carbons (Fsp3) is 0.455. The number of anilines is 1. The molecule has 4 heteroatoms. The number of hydrogen-bond donors (Lipinski definition) is 2. The summed E-state index contributed by atoms with van der Waals surface area (Å²) < 4.78 is 13.4. The lowest BCUT2D eigenvalue weighted by Gasteiger charge is -2.20. The minimum atomic E-state index is -0.286. The standard InChI is InChI=1S/C11H17FN2O/c1-2-14(6-7-15)8-9-10(12)4-3-5-11(9)13/h3-5,15H,2,6-8,13H2,1H3. The van der Waals surface area contributed by atoms with Crippen molar-refractivity contribution in [1.82, 2.24) is 4.90 Å². The van der Waals surface area contributed by atoms with Crippen LogP contribution in [0.1, 0.15) is 12.5 Å². The second-order valence-electron chi connectivity index (χ2n) is 3.40. The van der Waals surface area contributed by atoms with E-state index in [0.29, 0.717) is 24.3 Å². The number of halogens is 1. The average molecular weight is 212 g/mol. The number of benzene rings is 1. The molecule has 84 valence electrons. The van der Waals surface area contributed by atoms with Gasteiger partial charge in [0.2, 0.25) is 0 Å². The number of aliphatic hydroxyl groups excluding tert-OH is 1. The first-order valence-electron chi connectivity index (χ1n) is 5.05. The van der Waals surface area contributed by atoms with Gasteiger partial charge in [-0.05, 0) is 18.7 Å². The monoisotopic (exact) mass is 212 g/mol. The van der Waals surface area contributed by atoms with E-state index in [2.05, 4.69) is 0 Å². The fourth-order valence-electron chi connectivity index (χ4n) is 1.46. The normalized spacial score (nSPS) is 10.9. The van der Waals surface area contributed by atoms with Crippen molar-refractivity contribution in [3.8, 4) is 0 Å². The van der Waals surface area contributed by atoms with Crippen LogP contribution < -0.4 is 5.73 Å². The maximum atomic E-state index is 13.4. The molecule has 1 rings (SSSR count). The number of hydrogen-bond acceptors (Lipinski definition) is 3. The third-order valence-electron chi connectivity index (χ3n) is 2.40. The maximum absolute atomic E-state index is 13.4. The highest BCUT2D eigenvalue weighted by atomic mass is 19.1. The summed E-state index contributed by atoms with van der Waals surface area (Å²) in [5, 5.41) is 8.82. The van der Waals surface area contributed by atoms with Crippen molar-refractivity contribution in [2.45, 2.75) is 13.5 Å². The highest BCUT2D eigenvalue weighted by Crippen LogP contribution is 2.17. The summed E-state index contributed by atoms with van der Waals surface area (Å²) in [5.74, 6) is -0.286. The summed E-state index contributed by atoms with van der Waals surface area (Å²) in [6, 6.07) is 4.68. The smallest absolute Gasteiger partial charge is 0.129 e. The van der Waals surface area contributed by atoms with E-state index in [-0.39, 0.29) is 12.4 Å². The van der Waals surface area contributed by atoms with Gasteiger partial charge in [-0.2, -0.15) is 0 Å². The first-order chi connectivity index (χ1) is 7.19. The van der Waals surface area contributed by atoms with Crippen molar-refractivity contribution >= 4 is 5.69 Å². The van der Waals surface area contributed by atoms with Crippen molar-refractivity contribution < 1.29 is 9.50 Å². The second kappa shape index (κ2) is 5.68. The molecule has 0 aromatic heterocycles. The van der Waals surface area contributed by atoms with Crippen molar-refractivity contribution in [3.05, 3.63) is 29.6 Å². The molecule has 0 aliphatic carbocycles. The van der Waals surface area contributed by atoms with Gasteiger partial charge in [-0.3, -0.25) is 4.90 Å². The molecule has 3 nitrogen and oxygen atoms in total. The summed E-state index contributed by atoms with van der Waals surface area (Å²) in [6.07, 6.45) is 0. The third-order valence-corrected chi connectivity index (χ3v) is 2.40. The van der Waals surface area contributed by atoms with Gasteiger partial charge in [-0.15, -0.1) is 0 Å². The summed E-state index contributed by atoms with van der Waals surface area (Å²) in [6.45, 7) is 3.77. The summed E-state index contributed by atoms with van der Waals surface area (Å²) in [5.41, 5.74) is 6.66. The molecule has 0 saturated heterocycles. The van der Waals surface area contributed by atoms with Crippen LogP contribution in [0, 0.1) is 5.82 Å². The topological polar surface area (TPSA) is 49.5 Å². The van der Waals surface area contributed by atoms with Crippen LogP contribution in [0.2, 0.25) is 0 Å². The number of nitrogen functional groups attached to an aromatic ring is 1. The van der Waals surface area contributed by atoms with E-state index in [9.17, 15) is 4.39 Å². The van der Waals surface area contributed by atoms with Gasteiger partial charge in [0, 0.05) is 24.3 Å². The predicted molar refractivity (Wildman–Crippen MR) is 58.8 cm³/mol. The predicted octanol–water partition coefficient (Wildman–Crippen LogP) is 1.22. The lowest BCUT2D eigenvalue weighted by Crippen LogP contribution is -2.27. The molecule has 0 atom stereocenters. The van der Waals surface area contributed by atoms with Gasteiger partial charge >= 0.3 is 0 Å². The zero-order valence-corrected chi connectivity index (χ0v) is 8.91. The minimum absolute atomic E-state index is 0.0716. The Morgan fingerprint density at radius 1 is 1.47 bits per heavy atom. The fourth-order valence-corrected chi connectivity index (χ4v) is 1.46. The zero-order valence-electron chi connectivity index (χ0n) is 8.91. The Morgan fingerprint density at radius 3 is 2.73 bits per heavy atom. The molecular weight excluding hydrogens is 195 g/mol. The molecule has 0 amide bonds. The Balaban J connectivity index is 2.78. The second-order valence-corrected chi connectivity index (χ2v) is 3.40. The molecule has 0 spiro atoms. The van der Waals surface area contributed by atoms with Crippen molar-refractivity contribution in [3.63, 3.8) is 0 Å². The summed E-state index contributed by atoms with van der Waals surface area (Å²) in [4.78, 5) is 1.94. The molecule has 0 heterocycles. The number of nitrogens with zero attached hydrogens (tertiary/aromatic N) is 1. The molecule has 1 aromatic rings. The van der Waals surface area contributed by atoms with E-state index in [1.807, 2.05) is 11.8 Å². The van der Waals surface area contributed by atoms with Crippen molar-refractivity contribution in [1.29, 1.82) is 0 Å². The molecule has 0 unspecified atom stereocenters. The molecule has 3 N–H and O–H groups in total. The van der Waals surface area contributed by atoms with Crippen LogP contribution in [0.3, 0.4) is 0 Å². The Hall–Kier alpha value is -1.13. The first kappa shape index (κ1) is 11.9. The molecular formula is C11H17FN2O. The quantitative estimate of drug-likeness (QED) is 0.721. The van der Waals surface area contributed by atoms with Gasteiger partial charge < -0.3 is 10.8 Å². The number of nitrogens with two attached hydrogens (primary N) is 1. The Kier molecular flexibility index (Phi) is 4.52. The Labute approximate surface area is 89.3 Å². The SMILES string of the molecule is CCN(CCO)Cc1c(N)cccc1F. The molecule has 0 aliphatic heterocycles. The van der Waals surface area contributed by atoms with E-state index in [1.165, 1.54) is 6.07 Å². The third kappa shape index (κ3) is 3.18. The molecule has 1 aromatic carbocycles. The molecule has 0 fully saturated rings. The van der Waals surface area contributed by atoms with Gasteiger partial charge in [0.25, 0.3) is 0 Å². The van der Waals surface area contributed by atoms with Crippen LogP contribution in [-0.2, 0) is 6.54 Å². The van der Waals surface area contributed by atoms with Gasteiger partial charge in [0.1, 0.15) is 5.82 Å². The van der Waals surface area contributed by atoms with E-state index >= 15 is 0 Å². The molecule has 0 saturated carbocycles. The minimum Gasteiger partial charge on any atom is -0.398 e. The van der Waals surface area contributed by atoms with Crippen LogP contribution >= 0.6 is 0 Å². The van der Waals surface area contributed by atoms with Crippen LogP contribution in [0.4, 0.5) is 10.1 Å². The highest BCUT2D eigenvalue weighted by Gasteiger charge is 2.09. The van der Waals surface area contributed by atoms with E-state index in [1.54, 1.807) is 12.1 Å².